The van der Waals surface area contributed by atoms with Crippen LogP contribution in [-0.2, 0) is 11.2 Å². The summed E-state index contributed by atoms with van der Waals surface area (Å²) in [4.78, 5) is 12.6. The highest BCUT2D eigenvalue weighted by Gasteiger charge is 2.32. The molecule has 0 aromatic heterocycles. The molecule has 1 amide bonds. The molecule has 0 atom stereocenters. The van der Waals surface area contributed by atoms with Gasteiger partial charge in [0.2, 0.25) is 5.91 Å². The Balaban J connectivity index is 2.75. The standard InChI is InChI=1S/C13H15ClF3NO/c1-10-4-2-3-5-11(10)8-12(19)18(7-6-14)9-13(15,16)17/h2-5H,6-9H2,1H3. The number of rotatable bonds is 5. The van der Waals surface area contributed by atoms with E-state index in [0.29, 0.717) is 0 Å². The molecule has 0 saturated heterocycles. The van der Waals surface area contributed by atoms with Gasteiger partial charge < -0.3 is 4.90 Å². The zero-order chi connectivity index (χ0) is 14.5. The third-order valence-electron chi connectivity index (χ3n) is 2.68. The van der Waals surface area contributed by atoms with Gasteiger partial charge in [-0.1, -0.05) is 24.3 Å². The molecular weight excluding hydrogens is 279 g/mol. The van der Waals surface area contributed by atoms with Gasteiger partial charge in [-0.05, 0) is 18.1 Å². The molecule has 0 aliphatic carbocycles. The van der Waals surface area contributed by atoms with Gasteiger partial charge in [-0.2, -0.15) is 13.2 Å². The second-order valence-electron chi connectivity index (χ2n) is 4.22. The van der Waals surface area contributed by atoms with E-state index < -0.39 is 18.6 Å². The number of hydrogen-bond donors (Lipinski definition) is 0. The molecule has 2 nitrogen and oxygen atoms in total. The van der Waals surface area contributed by atoms with E-state index in [0.717, 1.165) is 16.0 Å². The summed E-state index contributed by atoms with van der Waals surface area (Å²) in [6, 6.07) is 7.12. The van der Waals surface area contributed by atoms with Crippen LogP contribution in [0.4, 0.5) is 13.2 Å². The van der Waals surface area contributed by atoms with Gasteiger partial charge in [0.25, 0.3) is 0 Å². The van der Waals surface area contributed by atoms with Crippen molar-refractivity contribution in [2.24, 2.45) is 0 Å². The van der Waals surface area contributed by atoms with Crippen molar-refractivity contribution in [2.75, 3.05) is 19.0 Å². The van der Waals surface area contributed by atoms with E-state index in [1.54, 1.807) is 12.1 Å². The first-order chi connectivity index (χ1) is 8.83. The van der Waals surface area contributed by atoms with Crippen LogP contribution >= 0.6 is 11.6 Å². The molecule has 0 spiro atoms. The van der Waals surface area contributed by atoms with E-state index in [1.165, 1.54) is 0 Å². The van der Waals surface area contributed by atoms with Crippen LogP contribution < -0.4 is 0 Å². The van der Waals surface area contributed by atoms with Crippen molar-refractivity contribution in [2.45, 2.75) is 19.5 Å². The smallest absolute Gasteiger partial charge is 0.332 e. The average molecular weight is 294 g/mol. The minimum absolute atomic E-state index is 0.0183. The highest BCUT2D eigenvalue weighted by atomic mass is 35.5. The van der Waals surface area contributed by atoms with E-state index in [2.05, 4.69) is 0 Å². The quantitative estimate of drug-likeness (QED) is 0.764. The number of nitrogens with zero attached hydrogens (tertiary/aromatic N) is 1. The fourth-order valence-corrected chi connectivity index (χ4v) is 1.90. The van der Waals surface area contributed by atoms with E-state index in [4.69, 9.17) is 11.6 Å². The highest BCUT2D eigenvalue weighted by molar-refractivity contribution is 6.18. The van der Waals surface area contributed by atoms with Crippen molar-refractivity contribution in [3.63, 3.8) is 0 Å². The summed E-state index contributed by atoms with van der Waals surface area (Å²) in [6.45, 7) is 0.453. The highest BCUT2D eigenvalue weighted by Crippen LogP contribution is 2.18. The number of carbonyl (C=O) groups excluding carboxylic acids is 1. The Hall–Kier alpha value is -1.23. The molecule has 0 heterocycles. The summed E-state index contributed by atoms with van der Waals surface area (Å²) < 4.78 is 37.1. The van der Waals surface area contributed by atoms with Gasteiger partial charge in [0, 0.05) is 12.4 Å². The minimum atomic E-state index is -4.41. The second kappa shape index (κ2) is 6.80. The SMILES string of the molecule is Cc1ccccc1CC(=O)N(CCCl)CC(F)(F)F. The molecule has 106 valence electrons. The van der Waals surface area contributed by atoms with Crippen LogP contribution in [0.25, 0.3) is 0 Å². The summed E-state index contributed by atoms with van der Waals surface area (Å²) in [5, 5.41) is 0. The monoisotopic (exact) mass is 293 g/mol. The number of alkyl halides is 4. The Kier molecular flexibility index (Phi) is 5.66. The lowest BCUT2D eigenvalue weighted by molar-refractivity contribution is -0.160. The predicted octanol–water partition coefficient (Wildman–Crippen LogP) is 3.17. The topological polar surface area (TPSA) is 20.3 Å². The van der Waals surface area contributed by atoms with Crippen molar-refractivity contribution in [3.8, 4) is 0 Å². The Morgan fingerprint density at radius 1 is 1.32 bits per heavy atom. The molecule has 0 aliphatic rings. The summed E-state index contributed by atoms with van der Waals surface area (Å²) in [5.41, 5.74) is 1.61. The molecule has 0 aliphatic heterocycles. The molecule has 0 bridgehead atoms. The van der Waals surface area contributed by atoms with Gasteiger partial charge >= 0.3 is 6.18 Å². The molecule has 1 aromatic rings. The molecule has 0 saturated carbocycles. The van der Waals surface area contributed by atoms with Crippen LogP contribution in [0, 0.1) is 6.92 Å². The lowest BCUT2D eigenvalue weighted by Crippen LogP contribution is -2.41. The summed E-state index contributed by atoms with van der Waals surface area (Å²) in [6.07, 6.45) is -4.45. The number of amides is 1. The first-order valence-electron chi connectivity index (χ1n) is 5.78. The Bertz CT molecular complexity index is 434. The lowest BCUT2D eigenvalue weighted by atomic mass is 10.1. The largest absolute Gasteiger partial charge is 0.406 e. The Labute approximate surface area is 115 Å². The molecule has 0 fully saturated rings. The van der Waals surface area contributed by atoms with Crippen LogP contribution in [0.5, 0.6) is 0 Å². The molecule has 1 rings (SSSR count). The fraction of sp³-hybridized carbons (Fsp3) is 0.462. The molecule has 19 heavy (non-hydrogen) atoms. The Morgan fingerprint density at radius 2 is 1.95 bits per heavy atom. The third kappa shape index (κ3) is 5.51. The van der Waals surface area contributed by atoms with Crippen LogP contribution in [0.15, 0.2) is 24.3 Å². The van der Waals surface area contributed by atoms with E-state index >= 15 is 0 Å². The van der Waals surface area contributed by atoms with Crippen LogP contribution in [0.3, 0.4) is 0 Å². The summed E-state index contributed by atoms with van der Waals surface area (Å²) >= 11 is 5.44. The number of carbonyl (C=O) groups is 1. The first-order valence-corrected chi connectivity index (χ1v) is 6.32. The molecule has 0 radical (unpaired) electrons. The maximum absolute atomic E-state index is 12.4. The zero-order valence-electron chi connectivity index (χ0n) is 10.5. The predicted molar refractivity (Wildman–Crippen MR) is 68.2 cm³/mol. The maximum atomic E-state index is 12.4. The van der Waals surface area contributed by atoms with Crippen molar-refractivity contribution >= 4 is 17.5 Å². The number of benzene rings is 1. The summed E-state index contributed by atoms with van der Waals surface area (Å²) in [5.74, 6) is -0.581. The van der Waals surface area contributed by atoms with Gasteiger partial charge in [-0.15, -0.1) is 11.6 Å². The molecule has 0 unspecified atom stereocenters. The van der Waals surface area contributed by atoms with Crippen molar-refractivity contribution in [1.29, 1.82) is 0 Å². The average Bonchev–Trinajstić information content (AvgIpc) is 2.30. The van der Waals surface area contributed by atoms with E-state index in [-0.39, 0.29) is 18.8 Å². The minimum Gasteiger partial charge on any atom is -0.332 e. The molecule has 0 N–H and O–H groups in total. The van der Waals surface area contributed by atoms with Gasteiger partial charge in [0.05, 0.1) is 6.42 Å². The maximum Gasteiger partial charge on any atom is 0.406 e. The van der Waals surface area contributed by atoms with E-state index in [9.17, 15) is 18.0 Å². The lowest BCUT2D eigenvalue weighted by Gasteiger charge is -2.23. The second-order valence-corrected chi connectivity index (χ2v) is 4.60. The van der Waals surface area contributed by atoms with Crippen molar-refractivity contribution in [1.82, 2.24) is 4.90 Å². The Morgan fingerprint density at radius 3 is 2.47 bits per heavy atom. The van der Waals surface area contributed by atoms with E-state index in [1.807, 2.05) is 19.1 Å². The third-order valence-corrected chi connectivity index (χ3v) is 2.85. The number of hydrogen-bond acceptors (Lipinski definition) is 1. The normalized spacial score (nSPS) is 11.4. The van der Waals surface area contributed by atoms with Gasteiger partial charge in [-0.3, -0.25) is 4.79 Å². The summed E-state index contributed by atoms with van der Waals surface area (Å²) in [7, 11) is 0. The fourth-order valence-electron chi connectivity index (χ4n) is 1.69. The van der Waals surface area contributed by atoms with Gasteiger partial charge in [-0.25, -0.2) is 0 Å². The van der Waals surface area contributed by atoms with Crippen LogP contribution in [-0.4, -0.2) is 36.0 Å². The van der Waals surface area contributed by atoms with Gasteiger partial charge in [0.1, 0.15) is 6.54 Å². The first kappa shape index (κ1) is 15.8. The van der Waals surface area contributed by atoms with Crippen LogP contribution in [0.1, 0.15) is 11.1 Å². The van der Waals surface area contributed by atoms with Crippen molar-refractivity contribution in [3.05, 3.63) is 35.4 Å². The number of halogens is 4. The molecular formula is C13H15ClF3NO. The zero-order valence-corrected chi connectivity index (χ0v) is 11.3. The van der Waals surface area contributed by atoms with Crippen molar-refractivity contribution < 1.29 is 18.0 Å². The van der Waals surface area contributed by atoms with Gasteiger partial charge in [0.15, 0.2) is 0 Å². The number of aryl methyl sites for hydroxylation is 1. The van der Waals surface area contributed by atoms with Crippen LogP contribution in [0.2, 0.25) is 0 Å². The molecule has 6 heteroatoms. The molecule has 1 aromatic carbocycles.